The summed E-state index contributed by atoms with van der Waals surface area (Å²) in [7, 11) is 0. The minimum atomic E-state index is -0.0226. The van der Waals surface area contributed by atoms with Crippen LogP contribution in [-0.2, 0) is 6.42 Å². The zero-order valence-corrected chi connectivity index (χ0v) is 8.08. The molecule has 0 amide bonds. The summed E-state index contributed by atoms with van der Waals surface area (Å²) in [6.45, 7) is 1.50. The molecule has 0 spiro atoms. The molecule has 1 aromatic rings. The van der Waals surface area contributed by atoms with E-state index in [1.165, 1.54) is 6.92 Å². The average molecular weight is 194 g/mol. The van der Waals surface area contributed by atoms with Gasteiger partial charge >= 0.3 is 0 Å². The number of aliphatic hydroxyl groups excluding tert-OH is 1. The zero-order chi connectivity index (χ0) is 10.6. The molecule has 0 aromatic heterocycles. The van der Waals surface area contributed by atoms with Gasteiger partial charge in [-0.3, -0.25) is 10.6 Å². The first-order valence-corrected chi connectivity index (χ1v) is 4.41. The maximum atomic E-state index is 11.3. The van der Waals surface area contributed by atoms with Crippen molar-refractivity contribution in [2.75, 3.05) is 12.0 Å². The second-order valence-corrected chi connectivity index (χ2v) is 3.01. The number of carbonyl (C=O) groups is 1. The van der Waals surface area contributed by atoms with Crippen LogP contribution in [0.1, 0.15) is 22.8 Å². The van der Waals surface area contributed by atoms with Crippen LogP contribution in [0.15, 0.2) is 18.2 Å². The Kier molecular flexibility index (Phi) is 3.62. The number of benzene rings is 1. The molecule has 0 radical (unpaired) electrons. The quantitative estimate of drug-likeness (QED) is 0.375. The molecule has 1 aromatic carbocycles. The van der Waals surface area contributed by atoms with Gasteiger partial charge in [-0.2, -0.15) is 0 Å². The lowest BCUT2D eigenvalue weighted by molar-refractivity contribution is 0.101. The number of anilines is 1. The Labute approximate surface area is 82.7 Å². The van der Waals surface area contributed by atoms with Crippen LogP contribution in [0.2, 0.25) is 0 Å². The summed E-state index contributed by atoms with van der Waals surface area (Å²) in [6.07, 6.45) is 0.426. The van der Waals surface area contributed by atoms with E-state index >= 15 is 0 Å². The molecule has 0 saturated carbocycles. The summed E-state index contributed by atoms with van der Waals surface area (Å²) < 4.78 is 0. The average Bonchev–Trinajstić information content (AvgIpc) is 2.18. The molecular formula is C10H14N2O2. The van der Waals surface area contributed by atoms with Crippen LogP contribution in [0.5, 0.6) is 0 Å². The molecule has 1 rings (SSSR count). The molecule has 0 aliphatic rings. The molecule has 76 valence electrons. The van der Waals surface area contributed by atoms with E-state index in [0.29, 0.717) is 17.7 Å². The molecular weight excluding hydrogens is 180 g/mol. The van der Waals surface area contributed by atoms with Gasteiger partial charge in [-0.1, -0.05) is 12.1 Å². The fraction of sp³-hybridized carbons (Fsp3) is 0.300. The summed E-state index contributed by atoms with van der Waals surface area (Å²) in [4.78, 5) is 11.3. The number of carbonyl (C=O) groups excluding carboxylic acids is 1. The van der Waals surface area contributed by atoms with E-state index in [1.807, 2.05) is 0 Å². The number of hydrogen-bond donors (Lipinski definition) is 3. The fourth-order valence-electron chi connectivity index (χ4n) is 1.43. The van der Waals surface area contributed by atoms with Crippen molar-refractivity contribution >= 4 is 11.5 Å². The first-order valence-electron chi connectivity index (χ1n) is 4.41. The van der Waals surface area contributed by atoms with Gasteiger partial charge in [0.1, 0.15) is 0 Å². The highest BCUT2D eigenvalue weighted by molar-refractivity contribution is 5.97. The number of nitrogens with two attached hydrogens (primary N) is 1. The molecule has 0 bridgehead atoms. The van der Waals surface area contributed by atoms with Crippen LogP contribution in [0.3, 0.4) is 0 Å². The normalized spacial score (nSPS) is 9.93. The summed E-state index contributed by atoms with van der Waals surface area (Å²) >= 11 is 0. The van der Waals surface area contributed by atoms with Crippen LogP contribution in [0.25, 0.3) is 0 Å². The third-order valence-corrected chi connectivity index (χ3v) is 2.07. The predicted molar refractivity (Wildman–Crippen MR) is 55.0 cm³/mol. The van der Waals surface area contributed by atoms with E-state index in [-0.39, 0.29) is 12.4 Å². The summed E-state index contributed by atoms with van der Waals surface area (Å²) in [5, 5.41) is 8.87. The van der Waals surface area contributed by atoms with Gasteiger partial charge < -0.3 is 10.5 Å². The summed E-state index contributed by atoms with van der Waals surface area (Å²) in [5.74, 6) is 5.28. The van der Waals surface area contributed by atoms with Crippen molar-refractivity contribution in [1.29, 1.82) is 0 Å². The van der Waals surface area contributed by atoms with Crippen molar-refractivity contribution in [3.8, 4) is 0 Å². The Morgan fingerprint density at radius 3 is 2.79 bits per heavy atom. The van der Waals surface area contributed by atoms with Crippen molar-refractivity contribution < 1.29 is 9.90 Å². The number of aliphatic hydroxyl groups is 1. The Morgan fingerprint density at radius 1 is 1.57 bits per heavy atom. The highest BCUT2D eigenvalue weighted by Gasteiger charge is 2.10. The Balaban J connectivity index is 3.20. The Morgan fingerprint density at radius 2 is 2.29 bits per heavy atom. The standard InChI is InChI=1S/C10H14N2O2/c1-7(14)8-3-2-4-10(12-11)9(8)5-6-13/h2-4,12-13H,5-6,11H2,1H3. The smallest absolute Gasteiger partial charge is 0.160 e. The summed E-state index contributed by atoms with van der Waals surface area (Å²) in [6, 6.07) is 5.26. The molecule has 14 heavy (non-hydrogen) atoms. The van der Waals surface area contributed by atoms with Gasteiger partial charge in [0.15, 0.2) is 5.78 Å². The fourth-order valence-corrected chi connectivity index (χ4v) is 1.43. The zero-order valence-electron chi connectivity index (χ0n) is 8.08. The number of nitrogens with one attached hydrogen (secondary N) is 1. The van der Waals surface area contributed by atoms with Crippen LogP contribution >= 0.6 is 0 Å². The van der Waals surface area contributed by atoms with Crippen LogP contribution in [0, 0.1) is 0 Å². The number of hydrogen-bond acceptors (Lipinski definition) is 4. The lowest BCUT2D eigenvalue weighted by Gasteiger charge is -2.11. The third-order valence-electron chi connectivity index (χ3n) is 2.07. The van der Waals surface area contributed by atoms with E-state index < -0.39 is 0 Å². The lowest BCUT2D eigenvalue weighted by atomic mass is 10.00. The molecule has 0 aliphatic carbocycles. The molecule has 0 fully saturated rings. The van der Waals surface area contributed by atoms with Gasteiger partial charge in [0.25, 0.3) is 0 Å². The van der Waals surface area contributed by atoms with Crippen molar-refractivity contribution in [2.45, 2.75) is 13.3 Å². The SMILES string of the molecule is CC(=O)c1cccc(NN)c1CCO. The molecule has 0 atom stereocenters. The van der Waals surface area contributed by atoms with E-state index in [0.717, 1.165) is 5.56 Å². The molecule has 0 unspecified atom stereocenters. The maximum absolute atomic E-state index is 11.3. The second-order valence-electron chi connectivity index (χ2n) is 3.01. The van der Waals surface area contributed by atoms with Crippen molar-refractivity contribution in [3.05, 3.63) is 29.3 Å². The lowest BCUT2D eigenvalue weighted by Crippen LogP contribution is -2.12. The number of ketones is 1. The molecule has 0 heterocycles. The van der Waals surface area contributed by atoms with Crippen LogP contribution in [0.4, 0.5) is 5.69 Å². The van der Waals surface area contributed by atoms with Crippen molar-refractivity contribution in [1.82, 2.24) is 0 Å². The molecule has 4 nitrogen and oxygen atoms in total. The molecule has 0 saturated heterocycles. The number of rotatable bonds is 4. The van der Waals surface area contributed by atoms with Crippen LogP contribution < -0.4 is 11.3 Å². The second kappa shape index (κ2) is 4.74. The van der Waals surface area contributed by atoms with E-state index in [9.17, 15) is 4.79 Å². The van der Waals surface area contributed by atoms with Gasteiger partial charge in [-0.25, -0.2) is 0 Å². The first kappa shape index (κ1) is 10.7. The largest absolute Gasteiger partial charge is 0.396 e. The first-order chi connectivity index (χ1) is 6.70. The van der Waals surface area contributed by atoms with Gasteiger partial charge in [0.2, 0.25) is 0 Å². The topological polar surface area (TPSA) is 75.4 Å². The predicted octanol–water partition coefficient (Wildman–Crippen LogP) is 0.710. The highest BCUT2D eigenvalue weighted by Crippen LogP contribution is 2.20. The number of hydrazine groups is 1. The van der Waals surface area contributed by atoms with Crippen molar-refractivity contribution in [2.24, 2.45) is 5.84 Å². The maximum Gasteiger partial charge on any atom is 0.160 e. The summed E-state index contributed by atoms with van der Waals surface area (Å²) in [5.41, 5.74) is 4.57. The Bertz CT molecular complexity index is 337. The number of nitrogen functional groups attached to an aromatic ring is 1. The van der Waals surface area contributed by atoms with Crippen molar-refractivity contribution in [3.63, 3.8) is 0 Å². The van der Waals surface area contributed by atoms with E-state index in [4.69, 9.17) is 10.9 Å². The number of Topliss-reactive ketones (excluding diaryl/α,β-unsaturated/α-hetero) is 1. The van der Waals surface area contributed by atoms with Gasteiger partial charge in [0.05, 0.1) is 5.69 Å². The molecule has 4 N–H and O–H groups in total. The van der Waals surface area contributed by atoms with Gasteiger partial charge in [-0.05, 0) is 25.0 Å². The minimum Gasteiger partial charge on any atom is -0.396 e. The molecule has 0 aliphatic heterocycles. The van der Waals surface area contributed by atoms with E-state index in [1.54, 1.807) is 18.2 Å². The minimum absolute atomic E-state index is 0.00102. The van der Waals surface area contributed by atoms with Crippen LogP contribution in [-0.4, -0.2) is 17.5 Å². The highest BCUT2D eigenvalue weighted by atomic mass is 16.3. The van der Waals surface area contributed by atoms with E-state index in [2.05, 4.69) is 5.43 Å². The molecule has 4 heteroatoms. The van der Waals surface area contributed by atoms with Gasteiger partial charge in [-0.15, -0.1) is 0 Å². The Hall–Kier alpha value is -1.39. The van der Waals surface area contributed by atoms with Gasteiger partial charge in [0, 0.05) is 12.2 Å². The monoisotopic (exact) mass is 194 g/mol. The third kappa shape index (κ3) is 2.10.